The summed E-state index contributed by atoms with van der Waals surface area (Å²) >= 11 is 0. The molecule has 0 aromatic heterocycles. The van der Waals surface area contributed by atoms with E-state index in [2.05, 4.69) is 289 Å². The molecule has 1 atom stereocenters. The van der Waals surface area contributed by atoms with Gasteiger partial charge in [0.15, 0.2) is 0 Å². The monoisotopic (exact) mass is 890 g/mol. The fourth-order valence-corrected chi connectivity index (χ4v) is 12.7. The Morgan fingerprint density at radius 2 is 0.614 bits per heavy atom. The van der Waals surface area contributed by atoms with Crippen LogP contribution in [0.1, 0.15) is 44.5 Å². The third-order valence-electron chi connectivity index (χ3n) is 15.3. The fraction of sp³-hybridized carbons (Fsp3) is 0.0294. The zero-order chi connectivity index (χ0) is 46.2. The SMILES string of the molecule is c1ccc(N(c2ccccc2)c2ccc3c(c2)C2(c4ccccc4-c4cc(N(c5ccccc5)c5cccc6c5-c5ccccc5C6(c5ccccc5)c5ccccc5)ccc42)c2ccccc2-3)cc1. The first-order valence-corrected chi connectivity index (χ1v) is 24.3. The van der Waals surface area contributed by atoms with Gasteiger partial charge < -0.3 is 9.80 Å². The molecule has 3 aliphatic rings. The van der Waals surface area contributed by atoms with E-state index in [1.165, 1.54) is 77.9 Å². The molecule has 3 aliphatic carbocycles. The molecule has 0 amide bonds. The molecule has 0 fully saturated rings. The third kappa shape index (κ3) is 5.62. The molecule has 0 saturated heterocycles. The van der Waals surface area contributed by atoms with E-state index in [0.717, 1.165) is 34.1 Å². The van der Waals surface area contributed by atoms with E-state index in [4.69, 9.17) is 0 Å². The lowest BCUT2D eigenvalue weighted by Crippen LogP contribution is -2.28. The number of para-hydroxylation sites is 3. The highest BCUT2D eigenvalue weighted by molar-refractivity contribution is 6.00. The van der Waals surface area contributed by atoms with Crippen LogP contribution in [-0.2, 0) is 10.8 Å². The van der Waals surface area contributed by atoms with Gasteiger partial charge in [0.25, 0.3) is 0 Å². The molecule has 70 heavy (non-hydrogen) atoms. The van der Waals surface area contributed by atoms with Crippen LogP contribution in [0.2, 0.25) is 0 Å². The summed E-state index contributed by atoms with van der Waals surface area (Å²) < 4.78 is 0. The minimum Gasteiger partial charge on any atom is -0.310 e. The summed E-state index contributed by atoms with van der Waals surface area (Å²) in [6.45, 7) is 0. The second kappa shape index (κ2) is 15.8. The van der Waals surface area contributed by atoms with Crippen molar-refractivity contribution in [1.82, 2.24) is 0 Å². The molecule has 2 nitrogen and oxygen atoms in total. The highest BCUT2D eigenvalue weighted by atomic mass is 15.1. The largest absolute Gasteiger partial charge is 0.310 e. The van der Waals surface area contributed by atoms with Gasteiger partial charge in [0.2, 0.25) is 0 Å². The number of anilines is 6. The number of hydrogen-bond donors (Lipinski definition) is 0. The first-order valence-electron chi connectivity index (χ1n) is 24.3. The van der Waals surface area contributed by atoms with Crippen molar-refractivity contribution in [3.63, 3.8) is 0 Å². The summed E-state index contributed by atoms with van der Waals surface area (Å²) in [7, 11) is 0. The molecule has 11 aromatic rings. The van der Waals surface area contributed by atoms with Gasteiger partial charge in [0.05, 0.1) is 16.5 Å². The van der Waals surface area contributed by atoms with Crippen molar-refractivity contribution >= 4 is 34.1 Å². The molecule has 1 spiro atoms. The molecular formula is C68H46N2. The maximum absolute atomic E-state index is 2.50. The quantitative estimate of drug-likeness (QED) is 0.150. The van der Waals surface area contributed by atoms with Crippen LogP contribution in [0.25, 0.3) is 33.4 Å². The predicted octanol–water partition coefficient (Wildman–Crippen LogP) is 17.3. The summed E-state index contributed by atoms with van der Waals surface area (Å²) in [5.74, 6) is 0. The van der Waals surface area contributed by atoms with Crippen LogP contribution in [0.4, 0.5) is 34.1 Å². The minimum absolute atomic E-state index is 0.519. The molecule has 0 bridgehead atoms. The zero-order valence-electron chi connectivity index (χ0n) is 38.5. The maximum atomic E-state index is 2.50. The Kier molecular flexibility index (Phi) is 9.06. The Morgan fingerprint density at radius 3 is 1.19 bits per heavy atom. The topological polar surface area (TPSA) is 6.48 Å². The minimum atomic E-state index is -0.541. The molecule has 328 valence electrons. The average Bonchev–Trinajstić information content (AvgIpc) is 4.03. The van der Waals surface area contributed by atoms with Crippen LogP contribution in [-0.4, -0.2) is 0 Å². The van der Waals surface area contributed by atoms with E-state index in [9.17, 15) is 0 Å². The predicted molar refractivity (Wildman–Crippen MR) is 289 cm³/mol. The molecule has 1 unspecified atom stereocenters. The van der Waals surface area contributed by atoms with E-state index in [1.54, 1.807) is 0 Å². The standard InChI is InChI=1S/C68H46N2/c1-6-23-47(24-7-1)67(48-25-8-2-9-26-48)61-38-21-18-35-57(61)66-63(67)39-22-40-65(66)70(51-31-14-5-15-32-51)52-42-44-62-58(45-52)55-34-17-20-37-60(55)68(62)59-36-19-16-33-54(59)56-43-41-53(46-64(56)68)69(49-27-10-3-11-28-49)50-29-12-4-13-30-50/h1-46H. The zero-order valence-corrected chi connectivity index (χ0v) is 38.5. The van der Waals surface area contributed by atoms with Crippen LogP contribution in [0.3, 0.4) is 0 Å². The van der Waals surface area contributed by atoms with Crippen LogP contribution < -0.4 is 9.80 Å². The first kappa shape index (κ1) is 40.1. The highest BCUT2D eigenvalue weighted by Crippen LogP contribution is 2.65. The summed E-state index contributed by atoms with van der Waals surface area (Å²) in [6, 6.07) is 103. The Balaban J connectivity index is 1.01. The summed E-state index contributed by atoms with van der Waals surface area (Å²) in [5.41, 5.74) is 23.6. The van der Waals surface area contributed by atoms with E-state index in [1.807, 2.05) is 0 Å². The highest BCUT2D eigenvalue weighted by Gasteiger charge is 2.52. The smallest absolute Gasteiger partial charge is 0.0726 e. The lowest BCUT2D eigenvalue weighted by Gasteiger charge is -2.34. The second-order valence-corrected chi connectivity index (χ2v) is 18.7. The van der Waals surface area contributed by atoms with Gasteiger partial charge in [-0.1, -0.05) is 212 Å². The third-order valence-corrected chi connectivity index (χ3v) is 15.3. The van der Waals surface area contributed by atoms with Crippen molar-refractivity contribution < 1.29 is 0 Å². The summed E-state index contributed by atoms with van der Waals surface area (Å²) in [5, 5.41) is 0. The summed E-state index contributed by atoms with van der Waals surface area (Å²) in [6.07, 6.45) is 0. The Hall–Kier alpha value is -8.98. The summed E-state index contributed by atoms with van der Waals surface area (Å²) in [4.78, 5) is 4.89. The Bertz CT molecular complexity index is 3690. The van der Waals surface area contributed by atoms with E-state index >= 15 is 0 Å². The van der Waals surface area contributed by atoms with Gasteiger partial charge in [-0.2, -0.15) is 0 Å². The van der Waals surface area contributed by atoms with Gasteiger partial charge in [-0.25, -0.2) is 0 Å². The molecule has 11 aromatic carbocycles. The molecule has 0 N–H and O–H groups in total. The van der Waals surface area contributed by atoms with E-state index in [-0.39, 0.29) is 0 Å². The van der Waals surface area contributed by atoms with Gasteiger partial charge >= 0.3 is 0 Å². The normalized spacial score (nSPS) is 15.0. The number of nitrogens with zero attached hydrogens (tertiary/aromatic N) is 2. The van der Waals surface area contributed by atoms with Crippen molar-refractivity contribution in [2.45, 2.75) is 10.8 Å². The Labute approximate surface area is 409 Å². The van der Waals surface area contributed by atoms with Gasteiger partial charge in [-0.05, 0) is 139 Å². The second-order valence-electron chi connectivity index (χ2n) is 18.7. The van der Waals surface area contributed by atoms with Crippen LogP contribution in [0, 0.1) is 0 Å². The lowest BCUT2D eigenvalue weighted by molar-refractivity contribution is 0.768. The molecule has 0 aliphatic heterocycles. The van der Waals surface area contributed by atoms with Crippen molar-refractivity contribution in [3.8, 4) is 33.4 Å². The molecule has 14 rings (SSSR count). The molecular weight excluding hydrogens is 845 g/mol. The lowest BCUT2D eigenvalue weighted by atomic mass is 9.68. The number of benzene rings is 11. The average molecular weight is 891 g/mol. The number of fused-ring (bicyclic) bond motifs is 13. The van der Waals surface area contributed by atoms with Gasteiger partial charge in [-0.15, -0.1) is 0 Å². The molecule has 0 heterocycles. The van der Waals surface area contributed by atoms with Gasteiger partial charge in [0, 0.05) is 34.0 Å². The van der Waals surface area contributed by atoms with Crippen molar-refractivity contribution in [1.29, 1.82) is 0 Å². The van der Waals surface area contributed by atoms with Crippen LogP contribution in [0.5, 0.6) is 0 Å². The maximum Gasteiger partial charge on any atom is 0.0726 e. The van der Waals surface area contributed by atoms with Gasteiger partial charge in [0.1, 0.15) is 0 Å². The molecule has 0 radical (unpaired) electrons. The van der Waals surface area contributed by atoms with Gasteiger partial charge in [-0.3, -0.25) is 0 Å². The molecule has 0 saturated carbocycles. The van der Waals surface area contributed by atoms with Crippen molar-refractivity contribution in [3.05, 3.63) is 324 Å². The van der Waals surface area contributed by atoms with E-state index in [0.29, 0.717) is 0 Å². The Morgan fingerprint density at radius 1 is 0.214 bits per heavy atom. The molecule has 2 heteroatoms. The number of rotatable bonds is 8. The fourth-order valence-electron chi connectivity index (χ4n) is 12.7. The van der Waals surface area contributed by atoms with Crippen LogP contribution >= 0.6 is 0 Å². The number of hydrogen-bond acceptors (Lipinski definition) is 2. The van der Waals surface area contributed by atoms with Crippen LogP contribution in [0.15, 0.2) is 279 Å². The van der Waals surface area contributed by atoms with Crippen molar-refractivity contribution in [2.75, 3.05) is 9.80 Å². The van der Waals surface area contributed by atoms with Crippen molar-refractivity contribution in [2.24, 2.45) is 0 Å². The van der Waals surface area contributed by atoms with E-state index < -0.39 is 10.8 Å². The first-order chi connectivity index (χ1) is 34.8.